The molecule has 0 unspecified atom stereocenters. The Balaban J connectivity index is 1.70. The van der Waals surface area contributed by atoms with E-state index in [1.54, 1.807) is 41.6 Å². The van der Waals surface area contributed by atoms with Crippen molar-refractivity contribution >= 4 is 5.91 Å². The van der Waals surface area contributed by atoms with E-state index >= 15 is 0 Å². The molecule has 3 heterocycles. The summed E-state index contributed by atoms with van der Waals surface area (Å²) in [7, 11) is 0. The highest BCUT2D eigenvalue weighted by atomic mass is 16.2. The van der Waals surface area contributed by atoms with E-state index in [1.165, 1.54) is 0 Å². The van der Waals surface area contributed by atoms with Crippen LogP contribution in [0.4, 0.5) is 0 Å². The van der Waals surface area contributed by atoms with Gasteiger partial charge in [-0.3, -0.25) is 14.6 Å². The van der Waals surface area contributed by atoms with Crippen molar-refractivity contribution in [1.29, 1.82) is 0 Å². The van der Waals surface area contributed by atoms with Gasteiger partial charge in [0.25, 0.3) is 5.91 Å². The van der Waals surface area contributed by atoms with E-state index in [1.807, 2.05) is 6.92 Å². The zero-order valence-electron chi connectivity index (χ0n) is 11.2. The van der Waals surface area contributed by atoms with Crippen LogP contribution in [0.2, 0.25) is 0 Å². The molecule has 102 valence electrons. The SMILES string of the molecule is Cc1cc(=O)cc(C2CN(C(=O)c3cccnc3)C2)[nH]1. The average Bonchev–Trinajstić information content (AvgIpc) is 2.36. The molecule has 0 aliphatic carbocycles. The number of H-pyrrole nitrogens is 1. The first-order valence-electron chi connectivity index (χ1n) is 6.53. The lowest BCUT2D eigenvalue weighted by atomic mass is 9.94. The van der Waals surface area contributed by atoms with Gasteiger partial charge in [-0.15, -0.1) is 0 Å². The first-order valence-corrected chi connectivity index (χ1v) is 6.53. The second-order valence-electron chi connectivity index (χ2n) is 5.10. The predicted molar refractivity (Wildman–Crippen MR) is 74.7 cm³/mol. The lowest BCUT2D eigenvalue weighted by Gasteiger charge is -2.39. The Kier molecular flexibility index (Phi) is 3.10. The number of likely N-dealkylation sites (tertiary alicyclic amines) is 1. The molecule has 2 aromatic rings. The third-order valence-corrected chi connectivity index (χ3v) is 3.52. The molecule has 0 atom stereocenters. The molecule has 1 aliphatic rings. The van der Waals surface area contributed by atoms with E-state index in [2.05, 4.69) is 9.97 Å². The van der Waals surface area contributed by atoms with Crippen LogP contribution in [0.3, 0.4) is 0 Å². The maximum atomic E-state index is 12.2. The monoisotopic (exact) mass is 269 g/mol. The normalized spacial score (nSPS) is 14.9. The van der Waals surface area contributed by atoms with Crippen LogP contribution in [0, 0.1) is 6.92 Å². The zero-order valence-corrected chi connectivity index (χ0v) is 11.2. The van der Waals surface area contributed by atoms with Crippen LogP contribution >= 0.6 is 0 Å². The second kappa shape index (κ2) is 4.92. The Labute approximate surface area is 116 Å². The van der Waals surface area contributed by atoms with Gasteiger partial charge in [-0.25, -0.2) is 0 Å². The maximum absolute atomic E-state index is 12.2. The number of rotatable bonds is 2. The molecule has 0 bridgehead atoms. The van der Waals surface area contributed by atoms with Gasteiger partial charge in [0.2, 0.25) is 0 Å². The van der Waals surface area contributed by atoms with Crippen LogP contribution in [0.1, 0.15) is 27.7 Å². The number of nitrogens with one attached hydrogen (secondary N) is 1. The highest BCUT2D eigenvalue weighted by Gasteiger charge is 2.32. The minimum absolute atomic E-state index is 0.00767. The molecular weight excluding hydrogens is 254 g/mol. The molecular formula is C15H15N3O2. The summed E-state index contributed by atoms with van der Waals surface area (Å²) >= 11 is 0. The molecule has 5 nitrogen and oxygen atoms in total. The lowest BCUT2D eigenvalue weighted by Crippen LogP contribution is -2.49. The van der Waals surface area contributed by atoms with Crippen molar-refractivity contribution in [2.45, 2.75) is 12.8 Å². The topological polar surface area (TPSA) is 66.1 Å². The number of hydrogen-bond acceptors (Lipinski definition) is 3. The summed E-state index contributed by atoms with van der Waals surface area (Å²) in [6.07, 6.45) is 3.22. The van der Waals surface area contributed by atoms with E-state index in [0.717, 1.165) is 11.4 Å². The number of aryl methyl sites for hydroxylation is 1. The largest absolute Gasteiger partial charge is 0.362 e. The summed E-state index contributed by atoms with van der Waals surface area (Å²) in [5, 5.41) is 0. The van der Waals surface area contributed by atoms with E-state index in [-0.39, 0.29) is 17.3 Å². The number of aromatic nitrogens is 2. The second-order valence-corrected chi connectivity index (χ2v) is 5.10. The van der Waals surface area contributed by atoms with Gasteiger partial charge in [0.15, 0.2) is 5.43 Å². The van der Waals surface area contributed by atoms with Crippen molar-refractivity contribution in [3.05, 3.63) is 63.8 Å². The number of pyridine rings is 2. The van der Waals surface area contributed by atoms with Gasteiger partial charge in [-0.1, -0.05) is 0 Å². The molecule has 1 fully saturated rings. The molecule has 0 spiro atoms. The van der Waals surface area contributed by atoms with Gasteiger partial charge in [0.1, 0.15) is 0 Å². The van der Waals surface area contributed by atoms with Gasteiger partial charge in [-0.05, 0) is 19.1 Å². The zero-order chi connectivity index (χ0) is 14.1. The number of hydrogen-bond donors (Lipinski definition) is 1. The van der Waals surface area contributed by atoms with E-state index in [4.69, 9.17) is 0 Å². The fourth-order valence-electron chi connectivity index (χ4n) is 2.44. The third-order valence-electron chi connectivity index (χ3n) is 3.52. The Morgan fingerprint density at radius 2 is 2.20 bits per heavy atom. The fraction of sp³-hybridized carbons (Fsp3) is 0.267. The average molecular weight is 269 g/mol. The summed E-state index contributed by atoms with van der Waals surface area (Å²) in [5.74, 6) is 0.201. The maximum Gasteiger partial charge on any atom is 0.255 e. The molecule has 20 heavy (non-hydrogen) atoms. The van der Waals surface area contributed by atoms with Crippen LogP contribution in [0.15, 0.2) is 41.5 Å². The minimum atomic E-state index is -0.00986. The van der Waals surface area contributed by atoms with Crippen LogP contribution in [-0.2, 0) is 0 Å². The molecule has 0 saturated carbocycles. The smallest absolute Gasteiger partial charge is 0.255 e. The molecule has 0 aromatic carbocycles. The van der Waals surface area contributed by atoms with E-state index < -0.39 is 0 Å². The summed E-state index contributed by atoms with van der Waals surface area (Å²) in [5.41, 5.74) is 2.37. The highest BCUT2D eigenvalue weighted by molar-refractivity contribution is 5.94. The summed E-state index contributed by atoms with van der Waals surface area (Å²) < 4.78 is 0. The molecule has 5 heteroatoms. The van der Waals surface area contributed by atoms with Crippen molar-refractivity contribution in [2.75, 3.05) is 13.1 Å². The lowest BCUT2D eigenvalue weighted by molar-refractivity contribution is 0.0598. The highest BCUT2D eigenvalue weighted by Crippen LogP contribution is 2.26. The van der Waals surface area contributed by atoms with Gasteiger partial charge >= 0.3 is 0 Å². The number of carbonyl (C=O) groups is 1. The third kappa shape index (κ3) is 2.34. The van der Waals surface area contributed by atoms with Gasteiger partial charge in [0.05, 0.1) is 5.56 Å². The quantitative estimate of drug-likeness (QED) is 0.894. The number of nitrogens with zero attached hydrogens (tertiary/aromatic N) is 2. The molecule has 1 saturated heterocycles. The number of amides is 1. The summed E-state index contributed by atoms with van der Waals surface area (Å²) in [4.78, 5) is 32.6. The molecule has 1 aliphatic heterocycles. The minimum Gasteiger partial charge on any atom is -0.362 e. The first kappa shape index (κ1) is 12.6. The van der Waals surface area contributed by atoms with Crippen LogP contribution in [0.25, 0.3) is 0 Å². The van der Waals surface area contributed by atoms with E-state index in [9.17, 15) is 9.59 Å². The van der Waals surface area contributed by atoms with Crippen molar-refractivity contribution < 1.29 is 4.79 Å². The molecule has 1 N–H and O–H groups in total. The predicted octanol–water partition coefficient (Wildman–Crippen LogP) is 1.32. The number of aromatic amines is 1. The van der Waals surface area contributed by atoms with Crippen molar-refractivity contribution in [3.63, 3.8) is 0 Å². The Morgan fingerprint density at radius 1 is 1.40 bits per heavy atom. The van der Waals surface area contributed by atoms with Crippen LogP contribution < -0.4 is 5.43 Å². The van der Waals surface area contributed by atoms with Crippen LogP contribution in [-0.4, -0.2) is 33.9 Å². The molecule has 0 radical (unpaired) electrons. The first-order chi connectivity index (χ1) is 9.63. The van der Waals surface area contributed by atoms with Gasteiger partial charge in [-0.2, -0.15) is 0 Å². The van der Waals surface area contributed by atoms with Crippen molar-refractivity contribution in [3.8, 4) is 0 Å². The number of carbonyl (C=O) groups excluding carboxylic acids is 1. The van der Waals surface area contributed by atoms with Crippen LogP contribution in [0.5, 0.6) is 0 Å². The molecule has 2 aromatic heterocycles. The molecule has 3 rings (SSSR count). The Morgan fingerprint density at radius 3 is 2.85 bits per heavy atom. The fourth-order valence-corrected chi connectivity index (χ4v) is 2.44. The van der Waals surface area contributed by atoms with Gasteiger partial charge in [0, 0.05) is 54.9 Å². The standard InChI is InChI=1S/C15H15N3O2/c1-10-5-13(19)6-14(17-10)12-8-18(9-12)15(20)11-3-2-4-16-7-11/h2-7,12H,8-9H2,1H3,(H,17,19). The molecule has 1 amide bonds. The Hall–Kier alpha value is -2.43. The Bertz CT molecular complexity index is 688. The van der Waals surface area contributed by atoms with Gasteiger partial charge < -0.3 is 9.88 Å². The van der Waals surface area contributed by atoms with Crippen molar-refractivity contribution in [2.24, 2.45) is 0 Å². The van der Waals surface area contributed by atoms with Crippen molar-refractivity contribution in [1.82, 2.24) is 14.9 Å². The van der Waals surface area contributed by atoms with E-state index in [0.29, 0.717) is 18.7 Å². The summed E-state index contributed by atoms with van der Waals surface area (Å²) in [6.45, 7) is 3.13. The summed E-state index contributed by atoms with van der Waals surface area (Å²) in [6, 6.07) is 6.70.